The van der Waals surface area contributed by atoms with Gasteiger partial charge in [0.15, 0.2) is 0 Å². The highest BCUT2D eigenvalue weighted by Crippen LogP contribution is 2.35. The number of aryl methyl sites for hydroxylation is 1. The van der Waals surface area contributed by atoms with Crippen LogP contribution in [0.1, 0.15) is 45.1 Å². The van der Waals surface area contributed by atoms with Gasteiger partial charge in [-0.25, -0.2) is 0 Å². The van der Waals surface area contributed by atoms with Crippen molar-refractivity contribution in [2.24, 2.45) is 0 Å². The Kier molecular flexibility index (Phi) is 5.74. The van der Waals surface area contributed by atoms with Crippen LogP contribution in [0, 0.1) is 0 Å². The van der Waals surface area contributed by atoms with Crippen molar-refractivity contribution < 1.29 is 4.58 Å². The molecule has 0 radical (unpaired) electrons. The highest BCUT2D eigenvalue weighted by Gasteiger charge is 2.29. The fraction of sp³-hybridized carbons (Fsp3) is 0.242. The van der Waals surface area contributed by atoms with Crippen LogP contribution in [0.5, 0.6) is 0 Å². The Morgan fingerprint density at radius 2 is 1.49 bits per heavy atom. The monoisotopic (exact) mass is 457 g/mol. The molecule has 2 heterocycles. The second-order valence-corrected chi connectivity index (χ2v) is 9.67. The van der Waals surface area contributed by atoms with Gasteiger partial charge < -0.3 is 4.57 Å². The highest BCUT2D eigenvalue weighted by atomic mass is 15.0. The van der Waals surface area contributed by atoms with Gasteiger partial charge in [-0.1, -0.05) is 87.4 Å². The molecule has 0 atom stereocenters. The second kappa shape index (κ2) is 9.19. The Morgan fingerprint density at radius 1 is 0.771 bits per heavy atom. The number of hydrogen-bond donors (Lipinski definition) is 0. The van der Waals surface area contributed by atoms with Crippen molar-refractivity contribution in [3.8, 4) is 0 Å². The van der Waals surface area contributed by atoms with E-state index in [2.05, 4.69) is 114 Å². The lowest BCUT2D eigenvalue weighted by Gasteiger charge is -2.05. The number of unbranched alkanes of at least 4 members (excludes halogenated alkanes) is 2. The topological polar surface area (TPSA) is 7.94 Å². The average Bonchev–Trinajstić information content (AvgIpc) is 3.37. The molecule has 5 aromatic rings. The van der Waals surface area contributed by atoms with Gasteiger partial charge in [0.05, 0.1) is 10.9 Å². The third-order valence-electron chi connectivity index (χ3n) is 7.46. The largest absolute Gasteiger partial charge is 0.340 e. The van der Waals surface area contributed by atoms with Crippen LogP contribution in [0.25, 0.3) is 38.5 Å². The van der Waals surface area contributed by atoms with E-state index in [9.17, 15) is 0 Å². The van der Waals surface area contributed by atoms with E-state index >= 15 is 0 Å². The summed E-state index contributed by atoms with van der Waals surface area (Å²) in [6.07, 6.45) is 11.7. The maximum absolute atomic E-state index is 2.52. The van der Waals surface area contributed by atoms with Crippen LogP contribution >= 0.6 is 0 Å². The summed E-state index contributed by atoms with van der Waals surface area (Å²) in [5.74, 6) is 0. The van der Waals surface area contributed by atoms with Gasteiger partial charge in [0, 0.05) is 46.7 Å². The number of hydrogen-bond acceptors (Lipinski definition) is 0. The second-order valence-electron chi connectivity index (χ2n) is 9.67. The lowest BCUT2D eigenvalue weighted by Crippen LogP contribution is -2.16. The first-order chi connectivity index (χ1) is 17.3. The van der Waals surface area contributed by atoms with Crippen LogP contribution in [0.4, 0.5) is 5.69 Å². The molecule has 0 saturated carbocycles. The van der Waals surface area contributed by atoms with Crippen LogP contribution in [0.3, 0.4) is 0 Å². The fourth-order valence-electron chi connectivity index (χ4n) is 5.77. The van der Waals surface area contributed by atoms with Gasteiger partial charge in [0.2, 0.25) is 11.4 Å². The quantitative estimate of drug-likeness (QED) is 0.210. The van der Waals surface area contributed by atoms with Gasteiger partial charge >= 0.3 is 0 Å². The maximum atomic E-state index is 2.52. The van der Waals surface area contributed by atoms with E-state index in [4.69, 9.17) is 0 Å². The summed E-state index contributed by atoms with van der Waals surface area (Å²) in [5, 5.41) is 8.10. The minimum absolute atomic E-state index is 1.05. The molecule has 1 aliphatic rings. The smallest absolute Gasteiger partial charge is 0.214 e. The lowest BCUT2D eigenvalue weighted by atomic mass is 10.0. The van der Waals surface area contributed by atoms with Crippen LogP contribution in [-0.4, -0.2) is 21.4 Å². The first-order valence-electron chi connectivity index (χ1n) is 13.2. The van der Waals surface area contributed by atoms with Crippen molar-refractivity contribution in [3.05, 3.63) is 95.9 Å². The molecule has 2 nitrogen and oxygen atoms in total. The van der Waals surface area contributed by atoms with Crippen molar-refractivity contribution in [1.29, 1.82) is 0 Å². The van der Waals surface area contributed by atoms with Gasteiger partial charge in [-0.3, -0.25) is 0 Å². The summed E-state index contributed by atoms with van der Waals surface area (Å²) < 4.78 is 5.05. The standard InChI is InChI=1S/C33H33N2/c1-3-5-22-34-28(26-16-7-12-24-14-9-20-30(34)32(24)26)18-11-19-29-27-17-8-13-25-15-10-21-31(33(25)27)35(29)23-6-4-2/h7-21H,3-6,22-23H2,1-2H3/q+1. The third kappa shape index (κ3) is 3.60. The Balaban J connectivity index is 1.52. The average molecular weight is 458 g/mol. The third-order valence-corrected chi connectivity index (χ3v) is 7.46. The Bertz CT molecular complexity index is 1650. The van der Waals surface area contributed by atoms with Crippen LogP contribution < -0.4 is 5.35 Å². The van der Waals surface area contributed by atoms with Crippen LogP contribution in [0.2, 0.25) is 0 Å². The summed E-state index contributed by atoms with van der Waals surface area (Å²) in [6.45, 7) is 6.64. The first kappa shape index (κ1) is 21.9. The van der Waals surface area contributed by atoms with E-state index < -0.39 is 0 Å². The number of benzene rings is 4. The van der Waals surface area contributed by atoms with Crippen molar-refractivity contribution in [3.63, 3.8) is 0 Å². The summed E-state index contributed by atoms with van der Waals surface area (Å²) in [7, 11) is 0. The van der Waals surface area contributed by atoms with Gasteiger partial charge in [-0.05, 0) is 35.4 Å². The van der Waals surface area contributed by atoms with E-state index in [0.717, 1.165) is 13.1 Å². The molecule has 6 rings (SSSR count). The normalized spacial score (nSPS) is 14.1. The van der Waals surface area contributed by atoms with Crippen molar-refractivity contribution in [2.45, 2.75) is 46.1 Å². The van der Waals surface area contributed by atoms with Gasteiger partial charge in [0.25, 0.3) is 0 Å². The molecule has 0 spiro atoms. The summed E-state index contributed by atoms with van der Waals surface area (Å²) in [5.41, 5.74) is 5.36. The molecule has 4 aromatic carbocycles. The zero-order valence-corrected chi connectivity index (χ0v) is 20.8. The van der Waals surface area contributed by atoms with E-state index in [0.29, 0.717) is 0 Å². The molecule has 1 aliphatic heterocycles. The van der Waals surface area contributed by atoms with E-state index in [1.165, 1.54) is 80.4 Å². The zero-order chi connectivity index (χ0) is 23.8. The molecule has 0 amide bonds. The van der Waals surface area contributed by atoms with Crippen LogP contribution in [0.15, 0.2) is 84.9 Å². The maximum Gasteiger partial charge on any atom is 0.214 e. The fourth-order valence-corrected chi connectivity index (χ4v) is 5.77. The Hall–Kier alpha value is -3.65. The minimum atomic E-state index is 1.05. The number of aromatic nitrogens is 1. The molecule has 174 valence electrons. The van der Waals surface area contributed by atoms with Crippen molar-refractivity contribution in [2.75, 3.05) is 6.54 Å². The van der Waals surface area contributed by atoms with E-state index in [1.54, 1.807) is 0 Å². The Morgan fingerprint density at radius 3 is 2.29 bits per heavy atom. The Labute approximate surface area is 207 Å². The molecule has 0 fully saturated rings. The lowest BCUT2D eigenvalue weighted by molar-refractivity contribution is -0.436. The molecule has 0 bridgehead atoms. The predicted molar refractivity (Wildman–Crippen MR) is 151 cm³/mol. The molecule has 0 saturated heterocycles. The van der Waals surface area contributed by atoms with Gasteiger partial charge in [0.1, 0.15) is 6.54 Å². The molecular weight excluding hydrogens is 424 g/mol. The molecule has 2 heteroatoms. The molecule has 0 N–H and O–H groups in total. The molecular formula is C33H33N2+. The molecule has 0 aliphatic carbocycles. The van der Waals surface area contributed by atoms with E-state index in [-0.39, 0.29) is 0 Å². The summed E-state index contributed by atoms with van der Waals surface area (Å²) >= 11 is 0. The minimum Gasteiger partial charge on any atom is -0.340 e. The first-order valence-corrected chi connectivity index (χ1v) is 13.2. The molecule has 35 heavy (non-hydrogen) atoms. The predicted octanol–water partition coefficient (Wildman–Crippen LogP) is 7.75. The zero-order valence-electron chi connectivity index (χ0n) is 20.8. The number of nitrogens with zero attached hydrogens (tertiary/aromatic N) is 2. The SMILES string of the molecule is CCCCn1c(=CC=CC2=[N+](CCCC)c3cccc4cccc2c34)c2cccc3cccc1c32. The number of allylic oxidation sites excluding steroid dienone is 2. The summed E-state index contributed by atoms with van der Waals surface area (Å²) in [6, 6.07) is 26.8. The van der Waals surface area contributed by atoms with Crippen LogP contribution in [-0.2, 0) is 6.54 Å². The number of rotatable bonds is 8. The van der Waals surface area contributed by atoms with Gasteiger partial charge in [-0.15, -0.1) is 0 Å². The van der Waals surface area contributed by atoms with E-state index in [1.807, 2.05) is 0 Å². The molecule has 1 aromatic heterocycles. The summed E-state index contributed by atoms with van der Waals surface area (Å²) in [4.78, 5) is 0. The van der Waals surface area contributed by atoms with Gasteiger partial charge in [-0.2, -0.15) is 4.58 Å². The van der Waals surface area contributed by atoms with Crippen molar-refractivity contribution in [1.82, 2.24) is 4.57 Å². The highest BCUT2D eigenvalue weighted by molar-refractivity contribution is 6.20. The molecule has 0 unspecified atom stereocenters. The van der Waals surface area contributed by atoms with Crippen molar-refractivity contribution >= 4 is 49.9 Å².